The van der Waals surface area contributed by atoms with Gasteiger partial charge in [-0.3, -0.25) is 9.97 Å². The van der Waals surface area contributed by atoms with Crippen LogP contribution < -0.4 is 0 Å². The SMILES string of the molecule is CC.CC.CC(C)c1ccc2nccnc2c1C(C)C. The largest absolute Gasteiger partial charge is 0.253 e. The molecule has 2 rings (SSSR count). The van der Waals surface area contributed by atoms with Gasteiger partial charge in [-0.15, -0.1) is 0 Å². The molecule has 2 nitrogen and oxygen atoms in total. The minimum absolute atomic E-state index is 0.484. The second-order valence-electron chi connectivity index (χ2n) is 4.80. The van der Waals surface area contributed by atoms with Gasteiger partial charge in [0.1, 0.15) is 0 Å². The summed E-state index contributed by atoms with van der Waals surface area (Å²) in [5, 5.41) is 0. The highest BCUT2D eigenvalue weighted by atomic mass is 14.8. The average Bonchev–Trinajstić information content (AvgIpc) is 2.49. The predicted molar refractivity (Wildman–Crippen MR) is 90.4 cm³/mol. The van der Waals surface area contributed by atoms with Crippen LogP contribution in [0.15, 0.2) is 24.5 Å². The van der Waals surface area contributed by atoms with Gasteiger partial charge in [-0.05, 0) is 29.0 Å². The highest BCUT2D eigenvalue weighted by Gasteiger charge is 2.14. The maximum atomic E-state index is 4.48. The zero-order valence-corrected chi connectivity index (χ0v) is 14.4. The van der Waals surface area contributed by atoms with Crippen LogP contribution in [0.3, 0.4) is 0 Å². The van der Waals surface area contributed by atoms with Gasteiger partial charge in [-0.2, -0.15) is 0 Å². The molecule has 0 N–H and O–H groups in total. The molecule has 0 spiro atoms. The quantitative estimate of drug-likeness (QED) is 0.678. The number of fused-ring (bicyclic) bond motifs is 1. The highest BCUT2D eigenvalue weighted by Crippen LogP contribution is 2.30. The van der Waals surface area contributed by atoms with Crippen molar-refractivity contribution in [2.24, 2.45) is 0 Å². The summed E-state index contributed by atoms with van der Waals surface area (Å²) in [6.07, 6.45) is 3.53. The summed E-state index contributed by atoms with van der Waals surface area (Å²) in [4.78, 5) is 8.85. The minimum atomic E-state index is 0.484. The third-order valence-corrected chi connectivity index (χ3v) is 2.91. The molecule has 1 aromatic carbocycles. The summed E-state index contributed by atoms with van der Waals surface area (Å²) in [6.45, 7) is 16.9. The fourth-order valence-corrected chi connectivity index (χ4v) is 2.18. The van der Waals surface area contributed by atoms with Gasteiger partial charge in [0.05, 0.1) is 11.0 Å². The number of rotatable bonds is 2. The van der Waals surface area contributed by atoms with E-state index in [9.17, 15) is 0 Å². The molecule has 0 atom stereocenters. The van der Waals surface area contributed by atoms with Crippen LogP contribution >= 0.6 is 0 Å². The van der Waals surface area contributed by atoms with Gasteiger partial charge in [-0.1, -0.05) is 61.5 Å². The van der Waals surface area contributed by atoms with Crippen LogP contribution in [0.2, 0.25) is 0 Å². The lowest BCUT2D eigenvalue weighted by Crippen LogP contribution is -2.01. The first-order chi connectivity index (χ1) is 9.61. The summed E-state index contributed by atoms with van der Waals surface area (Å²) in [5.41, 5.74) is 4.79. The van der Waals surface area contributed by atoms with Gasteiger partial charge in [0.15, 0.2) is 0 Å². The van der Waals surface area contributed by atoms with Gasteiger partial charge < -0.3 is 0 Å². The van der Waals surface area contributed by atoms with Crippen molar-refractivity contribution in [1.29, 1.82) is 0 Å². The first-order valence-corrected chi connectivity index (χ1v) is 7.84. The van der Waals surface area contributed by atoms with Crippen molar-refractivity contribution in [3.8, 4) is 0 Å². The number of aromatic nitrogens is 2. The van der Waals surface area contributed by atoms with Crippen molar-refractivity contribution in [3.05, 3.63) is 35.7 Å². The zero-order chi connectivity index (χ0) is 15.7. The lowest BCUT2D eigenvalue weighted by atomic mass is 9.89. The van der Waals surface area contributed by atoms with Crippen molar-refractivity contribution in [1.82, 2.24) is 9.97 Å². The van der Waals surface area contributed by atoms with Crippen molar-refractivity contribution in [2.75, 3.05) is 0 Å². The third-order valence-electron chi connectivity index (χ3n) is 2.91. The Kier molecular flexibility index (Phi) is 8.78. The average molecular weight is 274 g/mol. The van der Waals surface area contributed by atoms with Crippen LogP contribution in [0.5, 0.6) is 0 Å². The van der Waals surface area contributed by atoms with E-state index >= 15 is 0 Å². The highest BCUT2D eigenvalue weighted by molar-refractivity contribution is 5.79. The molecule has 112 valence electrons. The smallest absolute Gasteiger partial charge is 0.0924 e. The second kappa shape index (κ2) is 9.46. The molecule has 2 aromatic rings. The van der Waals surface area contributed by atoms with E-state index in [1.807, 2.05) is 27.7 Å². The van der Waals surface area contributed by atoms with Crippen LogP contribution in [0.25, 0.3) is 11.0 Å². The summed E-state index contributed by atoms with van der Waals surface area (Å²) in [6, 6.07) is 4.26. The van der Waals surface area contributed by atoms with Crippen LogP contribution in [-0.2, 0) is 0 Å². The maximum absolute atomic E-state index is 4.48. The lowest BCUT2D eigenvalue weighted by Gasteiger charge is -2.17. The fourth-order valence-electron chi connectivity index (χ4n) is 2.18. The Hall–Kier alpha value is -1.44. The molecule has 0 radical (unpaired) electrons. The second-order valence-corrected chi connectivity index (χ2v) is 4.80. The Balaban J connectivity index is 0.000000829. The Morgan fingerprint density at radius 1 is 0.750 bits per heavy atom. The molecule has 0 aliphatic carbocycles. The molecule has 1 aromatic heterocycles. The standard InChI is InChI=1S/C14H18N2.2C2H6/c1-9(2)11-5-6-12-14(13(11)10(3)4)16-8-7-15-12;2*1-2/h5-10H,1-4H3;2*1-2H3. The van der Waals surface area contributed by atoms with E-state index in [1.165, 1.54) is 11.1 Å². The maximum Gasteiger partial charge on any atom is 0.0924 e. The van der Waals surface area contributed by atoms with Crippen molar-refractivity contribution in [3.63, 3.8) is 0 Å². The summed E-state index contributed by atoms with van der Waals surface area (Å²) < 4.78 is 0. The third kappa shape index (κ3) is 4.29. The van der Waals surface area contributed by atoms with Crippen LogP contribution in [0.4, 0.5) is 0 Å². The molecule has 0 saturated heterocycles. The number of hydrogen-bond acceptors (Lipinski definition) is 2. The Morgan fingerprint density at radius 3 is 1.80 bits per heavy atom. The van der Waals surface area contributed by atoms with E-state index in [4.69, 9.17) is 0 Å². The van der Waals surface area contributed by atoms with Crippen molar-refractivity contribution >= 4 is 11.0 Å². The number of hydrogen-bond donors (Lipinski definition) is 0. The summed E-state index contributed by atoms with van der Waals surface area (Å²) >= 11 is 0. The minimum Gasteiger partial charge on any atom is -0.253 e. The van der Waals surface area contributed by atoms with Gasteiger partial charge in [0.2, 0.25) is 0 Å². The van der Waals surface area contributed by atoms with E-state index in [1.54, 1.807) is 12.4 Å². The Morgan fingerprint density at radius 2 is 1.30 bits per heavy atom. The first kappa shape index (κ1) is 18.6. The Bertz CT molecular complexity index is 502. The van der Waals surface area contributed by atoms with Gasteiger partial charge in [0.25, 0.3) is 0 Å². The predicted octanol–water partition coefficient (Wildman–Crippen LogP) is 5.93. The normalized spacial score (nSPS) is 9.90. The molecule has 20 heavy (non-hydrogen) atoms. The van der Waals surface area contributed by atoms with Crippen LogP contribution in [0.1, 0.15) is 78.4 Å². The fraction of sp³-hybridized carbons (Fsp3) is 0.556. The number of benzene rings is 1. The first-order valence-electron chi connectivity index (χ1n) is 7.84. The summed E-state index contributed by atoms with van der Waals surface area (Å²) in [5.74, 6) is 1.02. The lowest BCUT2D eigenvalue weighted by molar-refractivity contribution is 0.795. The monoisotopic (exact) mass is 274 g/mol. The van der Waals surface area contributed by atoms with Crippen molar-refractivity contribution in [2.45, 2.75) is 67.2 Å². The van der Waals surface area contributed by atoms with Crippen LogP contribution in [-0.4, -0.2) is 9.97 Å². The molecule has 0 unspecified atom stereocenters. The molecule has 0 aliphatic rings. The molecule has 0 fully saturated rings. The molecule has 0 bridgehead atoms. The molecule has 0 aliphatic heterocycles. The zero-order valence-electron chi connectivity index (χ0n) is 14.4. The van der Waals surface area contributed by atoms with Crippen molar-refractivity contribution < 1.29 is 0 Å². The van der Waals surface area contributed by atoms with Gasteiger partial charge in [-0.25, -0.2) is 0 Å². The number of nitrogens with zero attached hydrogens (tertiary/aromatic N) is 2. The van der Waals surface area contributed by atoms with Gasteiger partial charge in [0, 0.05) is 12.4 Å². The molecular formula is C18H30N2. The van der Waals surface area contributed by atoms with Gasteiger partial charge >= 0.3 is 0 Å². The van der Waals surface area contributed by atoms with E-state index in [0.717, 1.165) is 11.0 Å². The molecule has 0 saturated carbocycles. The topological polar surface area (TPSA) is 25.8 Å². The Labute approximate surface area is 124 Å². The van der Waals surface area contributed by atoms with E-state index in [2.05, 4.69) is 49.8 Å². The van der Waals surface area contributed by atoms with E-state index in [0.29, 0.717) is 11.8 Å². The van der Waals surface area contributed by atoms with E-state index in [-0.39, 0.29) is 0 Å². The molecule has 1 heterocycles. The molecule has 0 amide bonds. The molecular weight excluding hydrogens is 244 g/mol. The summed E-state index contributed by atoms with van der Waals surface area (Å²) in [7, 11) is 0. The molecule has 2 heteroatoms. The van der Waals surface area contributed by atoms with Crippen LogP contribution in [0, 0.1) is 0 Å². The van der Waals surface area contributed by atoms with E-state index < -0.39 is 0 Å².